The molecule has 3 heteroatoms. The van der Waals surface area contributed by atoms with Gasteiger partial charge >= 0.3 is 5.97 Å². The van der Waals surface area contributed by atoms with Crippen molar-refractivity contribution in [1.29, 1.82) is 0 Å². The topological polar surface area (TPSA) is 37.3 Å². The average molecular weight is 230 g/mol. The smallest absolute Gasteiger partial charge is 0.335 e. The Balaban J connectivity index is 2.22. The van der Waals surface area contributed by atoms with Gasteiger partial charge in [-0.3, -0.25) is 0 Å². The Kier molecular flexibility index (Phi) is 3.17. The minimum atomic E-state index is -0.897. The molecule has 2 rings (SSSR count). The molecule has 0 atom stereocenters. The molecule has 1 heterocycles. The Morgan fingerprint density at radius 3 is 2.69 bits per heavy atom. The molecule has 2 nitrogen and oxygen atoms in total. The molecule has 0 aliphatic rings. The van der Waals surface area contributed by atoms with Crippen LogP contribution in [0.25, 0.3) is 12.2 Å². The fraction of sp³-hybridized carbons (Fsp3) is 0. The molecule has 0 amide bonds. The maximum atomic E-state index is 10.8. The number of aromatic carboxylic acids is 1. The number of hydrogen-bond donors (Lipinski definition) is 1. The zero-order chi connectivity index (χ0) is 11.4. The lowest BCUT2D eigenvalue weighted by molar-refractivity contribution is 0.0697. The van der Waals surface area contributed by atoms with Crippen LogP contribution in [-0.4, -0.2) is 11.1 Å². The van der Waals surface area contributed by atoms with Crippen molar-refractivity contribution in [2.24, 2.45) is 0 Å². The first-order chi connectivity index (χ1) is 7.75. The first-order valence-electron chi connectivity index (χ1n) is 4.79. The first-order valence-corrected chi connectivity index (χ1v) is 5.73. The van der Waals surface area contributed by atoms with E-state index in [2.05, 4.69) is 0 Å². The molecule has 0 bridgehead atoms. The summed E-state index contributed by atoms with van der Waals surface area (Å²) in [4.78, 5) is 10.8. The highest BCUT2D eigenvalue weighted by Gasteiger charge is 2.00. The highest BCUT2D eigenvalue weighted by molar-refractivity contribution is 7.08. The van der Waals surface area contributed by atoms with Crippen LogP contribution in [0.5, 0.6) is 0 Å². The van der Waals surface area contributed by atoms with E-state index in [1.165, 1.54) is 0 Å². The van der Waals surface area contributed by atoms with Gasteiger partial charge in [-0.05, 0) is 40.1 Å². The van der Waals surface area contributed by atoms with E-state index in [9.17, 15) is 4.79 Å². The summed E-state index contributed by atoms with van der Waals surface area (Å²) in [6, 6.07) is 8.89. The van der Waals surface area contributed by atoms with Crippen LogP contribution in [-0.2, 0) is 0 Å². The molecule has 80 valence electrons. The Hall–Kier alpha value is -1.87. The Bertz CT molecular complexity index is 512. The van der Waals surface area contributed by atoms with Crippen LogP contribution in [0.1, 0.15) is 21.5 Å². The van der Waals surface area contributed by atoms with Crippen LogP contribution >= 0.6 is 11.3 Å². The van der Waals surface area contributed by atoms with Crippen LogP contribution in [0.15, 0.2) is 41.1 Å². The van der Waals surface area contributed by atoms with Gasteiger partial charge in [-0.15, -0.1) is 0 Å². The van der Waals surface area contributed by atoms with Crippen molar-refractivity contribution in [3.63, 3.8) is 0 Å². The minimum Gasteiger partial charge on any atom is -0.478 e. The Labute approximate surface area is 97.5 Å². The van der Waals surface area contributed by atoms with Gasteiger partial charge in [0.05, 0.1) is 5.56 Å². The van der Waals surface area contributed by atoms with Gasteiger partial charge in [0.2, 0.25) is 0 Å². The predicted octanol–water partition coefficient (Wildman–Crippen LogP) is 3.62. The second-order valence-electron chi connectivity index (χ2n) is 3.32. The van der Waals surface area contributed by atoms with Crippen molar-refractivity contribution in [3.05, 3.63) is 57.8 Å². The normalized spacial score (nSPS) is 10.8. The summed E-state index contributed by atoms with van der Waals surface area (Å²) in [5.74, 6) is -0.897. The van der Waals surface area contributed by atoms with Crippen molar-refractivity contribution in [2.45, 2.75) is 0 Å². The van der Waals surface area contributed by atoms with Crippen molar-refractivity contribution in [2.75, 3.05) is 0 Å². The summed E-state index contributed by atoms with van der Waals surface area (Å²) in [6.45, 7) is 0. The lowest BCUT2D eigenvalue weighted by Gasteiger charge is -1.96. The molecule has 1 aromatic heterocycles. The van der Waals surface area contributed by atoms with E-state index in [0.29, 0.717) is 5.56 Å². The van der Waals surface area contributed by atoms with Crippen LogP contribution < -0.4 is 0 Å². The monoisotopic (exact) mass is 230 g/mol. The molecule has 1 aromatic carbocycles. The molecule has 16 heavy (non-hydrogen) atoms. The lowest BCUT2D eigenvalue weighted by atomic mass is 10.1. The molecule has 0 saturated heterocycles. The van der Waals surface area contributed by atoms with E-state index in [4.69, 9.17) is 5.11 Å². The molecule has 0 aliphatic carbocycles. The molecular weight excluding hydrogens is 220 g/mol. The molecule has 0 aliphatic heterocycles. The molecular formula is C13H10O2S. The summed E-state index contributed by atoms with van der Waals surface area (Å²) in [5.41, 5.74) is 2.34. The van der Waals surface area contributed by atoms with Gasteiger partial charge in [0, 0.05) is 0 Å². The number of rotatable bonds is 3. The number of thiophene rings is 1. The van der Waals surface area contributed by atoms with Gasteiger partial charge in [0.1, 0.15) is 0 Å². The minimum absolute atomic E-state index is 0.312. The predicted molar refractivity (Wildman–Crippen MR) is 66.6 cm³/mol. The zero-order valence-corrected chi connectivity index (χ0v) is 9.28. The van der Waals surface area contributed by atoms with Gasteiger partial charge in [0.25, 0.3) is 0 Å². The fourth-order valence-electron chi connectivity index (χ4n) is 1.34. The lowest BCUT2D eigenvalue weighted by Crippen LogP contribution is -1.95. The van der Waals surface area contributed by atoms with Crippen molar-refractivity contribution in [3.8, 4) is 0 Å². The van der Waals surface area contributed by atoms with Gasteiger partial charge < -0.3 is 5.11 Å². The third-order valence-corrected chi connectivity index (χ3v) is 2.85. The van der Waals surface area contributed by atoms with Crippen LogP contribution in [0.3, 0.4) is 0 Å². The summed E-state index contributed by atoms with van der Waals surface area (Å²) < 4.78 is 0. The van der Waals surface area contributed by atoms with E-state index in [1.807, 2.05) is 35.0 Å². The standard InChI is InChI=1S/C13H10O2S/c14-13(15)12-3-1-2-10(8-12)4-5-11-6-7-16-9-11/h1-9H,(H,14,15)/b5-4-. The molecule has 2 aromatic rings. The summed E-state index contributed by atoms with van der Waals surface area (Å²) in [7, 11) is 0. The summed E-state index contributed by atoms with van der Waals surface area (Å²) in [5, 5.41) is 12.9. The zero-order valence-electron chi connectivity index (χ0n) is 8.46. The van der Waals surface area contributed by atoms with Crippen LogP contribution in [0.4, 0.5) is 0 Å². The van der Waals surface area contributed by atoms with Gasteiger partial charge in [-0.1, -0.05) is 24.3 Å². The average Bonchev–Trinajstić information content (AvgIpc) is 2.79. The van der Waals surface area contributed by atoms with E-state index in [0.717, 1.165) is 11.1 Å². The Morgan fingerprint density at radius 1 is 1.19 bits per heavy atom. The van der Waals surface area contributed by atoms with Crippen molar-refractivity contribution < 1.29 is 9.90 Å². The number of hydrogen-bond acceptors (Lipinski definition) is 2. The largest absolute Gasteiger partial charge is 0.478 e. The number of carboxylic acid groups (broad SMARTS) is 1. The molecule has 0 unspecified atom stereocenters. The van der Waals surface area contributed by atoms with Gasteiger partial charge in [-0.2, -0.15) is 11.3 Å². The second-order valence-corrected chi connectivity index (χ2v) is 4.10. The van der Waals surface area contributed by atoms with Gasteiger partial charge in [-0.25, -0.2) is 4.79 Å². The number of carboxylic acids is 1. The maximum absolute atomic E-state index is 10.8. The van der Waals surface area contributed by atoms with Crippen LogP contribution in [0.2, 0.25) is 0 Å². The van der Waals surface area contributed by atoms with E-state index in [1.54, 1.807) is 29.5 Å². The number of benzene rings is 1. The third kappa shape index (κ3) is 2.58. The Morgan fingerprint density at radius 2 is 2.00 bits per heavy atom. The van der Waals surface area contributed by atoms with Crippen molar-refractivity contribution in [1.82, 2.24) is 0 Å². The van der Waals surface area contributed by atoms with Gasteiger partial charge in [0.15, 0.2) is 0 Å². The second kappa shape index (κ2) is 4.77. The SMILES string of the molecule is O=C(O)c1cccc(/C=C\c2ccsc2)c1. The van der Waals surface area contributed by atoms with E-state index in [-0.39, 0.29) is 0 Å². The first kappa shape index (κ1) is 10.6. The highest BCUT2D eigenvalue weighted by atomic mass is 32.1. The van der Waals surface area contributed by atoms with E-state index < -0.39 is 5.97 Å². The fourth-order valence-corrected chi connectivity index (χ4v) is 1.97. The maximum Gasteiger partial charge on any atom is 0.335 e. The van der Waals surface area contributed by atoms with Crippen LogP contribution in [0, 0.1) is 0 Å². The number of carbonyl (C=O) groups is 1. The molecule has 1 N–H and O–H groups in total. The third-order valence-electron chi connectivity index (χ3n) is 2.14. The quantitative estimate of drug-likeness (QED) is 0.874. The summed E-state index contributed by atoms with van der Waals surface area (Å²) in [6.07, 6.45) is 3.88. The summed E-state index contributed by atoms with van der Waals surface area (Å²) >= 11 is 1.64. The highest BCUT2D eigenvalue weighted by Crippen LogP contribution is 2.12. The molecule has 0 fully saturated rings. The molecule has 0 radical (unpaired) electrons. The van der Waals surface area contributed by atoms with Crippen molar-refractivity contribution >= 4 is 29.5 Å². The molecule has 0 spiro atoms. The molecule has 0 saturated carbocycles. The van der Waals surface area contributed by atoms with E-state index >= 15 is 0 Å².